The van der Waals surface area contributed by atoms with E-state index in [1.807, 2.05) is 6.07 Å². The molecule has 1 fully saturated rings. The number of amides is 1. The highest BCUT2D eigenvalue weighted by molar-refractivity contribution is 5.92. The van der Waals surface area contributed by atoms with E-state index in [9.17, 15) is 14.0 Å². The zero-order chi connectivity index (χ0) is 19.9. The Labute approximate surface area is 160 Å². The molecule has 1 aromatic carbocycles. The molecule has 1 aliphatic carbocycles. The highest BCUT2D eigenvalue weighted by Gasteiger charge is 2.53. The van der Waals surface area contributed by atoms with Gasteiger partial charge in [-0.2, -0.15) is 5.26 Å². The molecule has 2 aromatic heterocycles. The molecule has 6 nitrogen and oxygen atoms in total. The number of hydrogen-bond acceptors (Lipinski definition) is 4. The average molecular weight is 376 g/mol. The van der Waals surface area contributed by atoms with Gasteiger partial charge in [0.2, 0.25) is 5.91 Å². The third-order valence-corrected chi connectivity index (χ3v) is 5.18. The number of nitrogens with zero attached hydrogens (tertiary/aromatic N) is 2. The number of benzene rings is 1. The van der Waals surface area contributed by atoms with E-state index in [2.05, 4.69) is 15.3 Å². The number of nitrogens with one attached hydrogen (secondary N) is 2. The lowest BCUT2D eigenvalue weighted by Gasteiger charge is -2.19. The number of hydrogen-bond donors (Lipinski definition) is 2. The number of pyridine rings is 2. The van der Waals surface area contributed by atoms with E-state index in [4.69, 9.17) is 5.26 Å². The van der Waals surface area contributed by atoms with E-state index in [1.54, 1.807) is 31.2 Å². The van der Waals surface area contributed by atoms with Crippen molar-refractivity contribution in [2.75, 3.05) is 0 Å². The summed E-state index contributed by atoms with van der Waals surface area (Å²) in [7, 11) is 0. The largest absolute Gasteiger partial charge is 0.347 e. The van der Waals surface area contributed by atoms with Gasteiger partial charge in [0.05, 0.1) is 17.2 Å². The molecule has 1 saturated carbocycles. The molecule has 1 aliphatic rings. The van der Waals surface area contributed by atoms with Gasteiger partial charge in [0.15, 0.2) is 0 Å². The third kappa shape index (κ3) is 3.03. The molecular formula is C21H17FN4O2. The third-order valence-electron chi connectivity index (χ3n) is 5.18. The molecule has 1 amide bonds. The second-order valence-electron chi connectivity index (χ2n) is 7.08. The summed E-state index contributed by atoms with van der Waals surface area (Å²) in [4.78, 5) is 32.5. The van der Waals surface area contributed by atoms with Gasteiger partial charge in [-0.1, -0.05) is 6.07 Å². The maximum absolute atomic E-state index is 13.6. The minimum Gasteiger partial charge on any atom is -0.347 e. The van der Waals surface area contributed by atoms with Gasteiger partial charge >= 0.3 is 0 Å². The van der Waals surface area contributed by atoms with Gasteiger partial charge in [0.1, 0.15) is 17.6 Å². The molecule has 140 valence electrons. The second kappa shape index (κ2) is 6.57. The van der Waals surface area contributed by atoms with Crippen LogP contribution in [0.1, 0.15) is 42.8 Å². The summed E-state index contributed by atoms with van der Waals surface area (Å²) in [6.45, 7) is 1.78. The van der Waals surface area contributed by atoms with Crippen LogP contribution in [0.2, 0.25) is 0 Å². The highest BCUT2D eigenvalue weighted by Crippen LogP contribution is 2.47. The Morgan fingerprint density at radius 1 is 1.32 bits per heavy atom. The molecule has 0 radical (unpaired) electrons. The summed E-state index contributed by atoms with van der Waals surface area (Å²) in [6.07, 6.45) is 1.09. The number of fused-ring (bicyclic) bond motifs is 1. The van der Waals surface area contributed by atoms with Gasteiger partial charge in [-0.15, -0.1) is 0 Å². The van der Waals surface area contributed by atoms with Gasteiger partial charge in [-0.25, -0.2) is 9.37 Å². The first-order chi connectivity index (χ1) is 13.4. The van der Waals surface area contributed by atoms with Crippen molar-refractivity contribution in [3.8, 4) is 6.07 Å². The van der Waals surface area contributed by atoms with Crippen molar-refractivity contribution in [3.63, 3.8) is 0 Å². The predicted molar refractivity (Wildman–Crippen MR) is 101 cm³/mol. The number of H-pyrrole nitrogens is 1. The Balaban J connectivity index is 1.64. The van der Waals surface area contributed by atoms with Crippen molar-refractivity contribution < 1.29 is 9.18 Å². The maximum Gasteiger partial charge on any atom is 0.252 e. The standard InChI is InChI=1S/C21H17FN4O2/c1-12(17-4-2-3-15(11-23)25-17)24-20(28)21(7-8-21)16-10-13-9-14(22)5-6-18(13)26-19(16)27/h2-6,9-10,12H,7-8H2,1H3,(H,24,28)(H,26,27)/t12-/m1/s1. The van der Waals surface area contributed by atoms with Gasteiger partial charge in [0, 0.05) is 16.5 Å². The Morgan fingerprint density at radius 2 is 2.11 bits per heavy atom. The molecule has 1 atom stereocenters. The molecule has 4 rings (SSSR count). The SMILES string of the molecule is C[C@@H](NC(=O)C1(c2cc3cc(F)ccc3[nH]c2=O)CC1)c1cccc(C#N)n1. The zero-order valence-electron chi connectivity index (χ0n) is 15.1. The molecule has 0 bridgehead atoms. The fourth-order valence-corrected chi connectivity index (χ4v) is 3.44. The number of nitriles is 1. The minimum atomic E-state index is -0.921. The van der Waals surface area contributed by atoms with E-state index in [1.165, 1.54) is 18.2 Å². The topological polar surface area (TPSA) is 98.6 Å². The summed E-state index contributed by atoms with van der Waals surface area (Å²) < 4.78 is 13.6. The lowest BCUT2D eigenvalue weighted by atomic mass is 9.94. The van der Waals surface area contributed by atoms with E-state index in [0.29, 0.717) is 35.0 Å². The van der Waals surface area contributed by atoms with E-state index < -0.39 is 17.3 Å². The first kappa shape index (κ1) is 17.9. The Kier molecular flexibility index (Phi) is 4.19. The van der Waals surface area contributed by atoms with Crippen molar-refractivity contribution in [1.29, 1.82) is 5.26 Å². The lowest BCUT2D eigenvalue weighted by molar-refractivity contribution is -0.124. The fraction of sp³-hybridized carbons (Fsp3) is 0.238. The van der Waals surface area contributed by atoms with Crippen LogP contribution < -0.4 is 10.9 Å². The Bertz CT molecular complexity index is 1190. The smallest absolute Gasteiger partial charge is 0.252 e. The molecule has 0 spiro atoms. The summed E-state index contributed by atoms with van der Waals surface area (Å²) in [5, 5.41) is 12.4. The number of aromatic amines is 1. The van der Waals surface area contributed by atoms with Crippen molar-refractivity contribution in [3.05, 3.63) is 75.6 Å². The summed E-state index contributed by atoms with van der Waals surface area (Å²) in [5.74, 6) is -0.678. The molecule has 0 saturated heterocycles. The molecule has 0 aliphatic heterocycles. The number of carbonyl (C=O) groups is 1. The monoisotopic (exact) mass is 376 g/mol. The number of halogens is 1. The lowest BCUT2D eigenvalue weighted by Crippen LogP contribution is -2.39. The number of carbonyl (C=O) groups excluding carboxylic acids is 1. The quantitative estimate of drug-likeness (QED) is 0.731. The van der Waals surface area contributed by atoms with E-state index in [0.717, 1.165) is 0 Å². The van der Waals surface area contributed by atoms with Crippen LogP contribution in [-0.4, -0.2) is 15.9 Å². The van der Waals surface area contributed by atoms with Gasteiger partial charge < -0.3 is 10.3 Å². The van der Waals surface area contributed by atoms with Gasteiger partial charge in [0.25, 0.3) is 5.56 Å². The maximum atomic E-state index is 13.6. The Morgan fingerprint density at radius 3 is 2.82 bits per heavy atom. The van der Waals surface area contributed by atoms with Crippen LogP contribution in [0.5, 0.6) is 0 Å². The molecule has 2 N–H and O–H groups in total. The molecule has 7 heteroatoms. The van der Waals surface area contributed by atoms with Crippen LogP contribution in [-0.2, 0) is 10.2 Å². The average Bonchev–Trinajstić information content (AvgIpc) is 3.49. The fourth-order valence-electron chi connectivity index (χ4n) is 3.44. The minimum absolute atomic E-state index is 0.271. The number of aromatic nitrogens is 2. The predicted octanol–water partition coefficient (Wildman–Crippen LogP) is 2.84. The molecule has 28 heavy (non-hydrogen) atoms. The van der Waals surface area contributed by atoms with Crippen molar-refractivity contribution in [1.82, 2.24) is 15.3 Å². The van der Waals surface area contributed by atoms with Crippen molar-refractivity contribution >= 4 is 16.8 Å². The Hall–Kier alpha value is -3.53. The van der Waals surface area contributed by atoms with Gasteiger partial charge in [-0.3, -0.25) is 9.59 Å². The summed E-state index contributed by atoms with van der Waals surface area (Å²) in [6, 6.07) is 12.3. The van der Waals surface area contributed by atoms with Crippen LogP contribution in [0.15, 0.2) is 47.3 Å². The first-order valence-electron chi connectivity index (χ1n) is 8.94. The molecule has 3 aromatic rings. The summed E-state index contributed by atoms with van der Waals surface area (Å²) in [5.41, 5.74) is 0.440. The summed E-state index contributed by atoms with van der Waals surface area (Å²) >= 11 is 0. The molecular weight excluding hydrogens is 359 g/mol. The first-order valence-corrected chi connectivity index (χ1v) is 8.94. The zero-order valence-corrected chi connectivity index (χ0v) is 15.1. The van der Waals surface area contributed by atoms with Crippen molar-refractivity contribution in [2.24, 2.45) is 0 Å². The normalized spacial score (nSPS) is 15.6. The van der Waals surface area contributed by atoms with E-state index >= 15 is 0 Å². The van der Waals surface area contributed by atoms with Crippen LogP contribution in [0.25, 0.3) is 10.9 Å². The van der Waals surface area contributed by atoms with Gasteiger partial charge in [-0.05, 0) is 56.2 Å². The van der Waals surface area contributed by atoms with Crippen LogP contribution >= 0.6 is 0 Å². The van der Waals surface area contributed by atoms with Crippen molar-refractivity contribution in [2.45, 2.75) is 31.2 Å². The molecule has 0 unspecified atom stereocenters. The number of rotatable bonds is 4. The van der Waals surface area contributed by atoms with Crippen LogP contribution in [0.3, 0.4) is 0 Å². The molecule has 2 heterocycles. The van der Waals surface area contributed by atoms with Crippen LogP contribution in [0.4, 0.5) is 4.39 Å². The highest BCUT2D eigenvalue weighted by atomic mass is 19.1. The van der Waals surface area contributed by atoms with E-state index in [-0.39, 0.29) is 17.2 Å². The van der Waals surface area contributed by atoms with Crippen LogP contribution in [0, 0.1) is 17.1 Å². The second-order valence-corrected chi connectivity index (χ2v) is 7.08.